The molecule has 1 fully saturated rings. The predicted octanol–water partition coefficient (Wildman–Crippen LogP) is 3.89. The number of nitrogens with zero attached hydrogens (tertiary/aromatic N) is 1. The molecule has 1 amide bonds. The van der Waals surface area contributed by atoms with E-state index in [1.54, 1.807) is 39.0 Å². The van der Waals surface area contributed by atoms with E-state index in [1.165, 1.54) is 7.11 Å². The van der Waals surface area contributed by atoms with Crippen LogP contribution in [0.4, 0.5) is 4.79 Å². The Bertz CT molecular complexity index is 1070. The van der Waals surface area contributed by atoms with Crippen LogP contribution in [0, 0.1) is 0 Å². The van der Waals surface area contributed by atoms with Gasteiger partial charge in [-0.05, 0) is 78.2 Å². The number of alkyl carbamates (subject to hydrolysis) is 1. The second-order valence-corrected chi connectivity index (χ2v) is 10.0. The first kappa shape index (κ1) is 24.8. The highest BCUT2D eigenvalue weighted by Crippen LogP contribution is 2.39. The molecule has 0 unspecified atom stereocenters. The minimum atomic E-state index is -0.683. The van der Waals surface area contributed by atoms with Crippen LogP contribution in [-0.2, 0) is 18.8 Å². The fourth-order valence-electron chi connectivity index (χ4n) is 3.26. The van der Waals surface area contributed by atoms with E-state index in [4.69, 9.17) is 18.8 Å². The maximum absolute atomic E-state index is 12.3. The molecular weight excluding hydrogens is 425 g/mol. The summed E-state index contributed by atoms with van der Waals surface area (Å²) in [6.45, 7) is 13.4. The lowest BCUT2D eigenvalue weighted by Crippen LogP contribution is -2.41. The fraction of sp³-hybridized carbons (Fsp3) is 0.522. The van der Waals surface area contributed by atoms with Crippen LogP contribution in [0.3, 0.4) is 0 Å². The summed E-state index contributed by atoms with van der Waals surface area (Å²) in [6.07, 6.45) is 1.30. The number of ether oxygens (including phenoxy) is 2. The van der Waals surface area contributed by atoms with Crippen molar-refractivity contribution in [2.24, 2.45) is 0 Å². The van der Waals surface area contributed by atoms with E-state index in [9.17, 15) is 9.59 Å². The number of fused-ring (bicyclic) bond motifs is 1. The van der Waals surface area contributed by atoms with Gasteiger partial charge in [-0.25, -0.2) is 9.59 Å². The molecule has 1 aliphatic heterocycles. The van der Waals surface area contributed by atoms with Crippen LogP contribution < -0.4 is 5.32 Å². The van der Waals surface area contributed by atoms with Crippen LogP contribution in [-0.4, -0.2) is 59.8 Å². The highest BCUT2D eigenvalue weighted by Gasteiger charge is 2.52. The molecule has 1 aromatic heterocycles. The number of nitrogens with one attached hydrogen (secondary N) is 2. The predicted molar refractivity (Wildman–Crippen MR) is 126 cm³/mol. The molecular formula is C23H32BN3O6. The summed E-state index contributed by atoms with van der Waals surface area (Å²) in [7, 11) is 0.650. The average Bonchev–Trinajstić information content (AvgIpc) is 3.19. The first-order valence-electron chi connectivity index (χ1n) is 10.8. The third-order valence-corrected chi connectivity index (χ3v) is 5.73. The number of benzene rings is 1. The van der Waals surface area contributed by atoms with Gasteiger partial charge in [0.25, 0.3) is 0 Å². The molecule has 0 bridgehead atoms. The van der Waals surface area contributed by atoms with Crippen LogP contribution in [0.15, 0.2) is 23.7 Å². The van der Waals surface area contributed by atoms with Crippen molar-refractivity contribution in [3.63, 3.8) is 0 Å². The summed E-state index contributed by atoms with van der Waals surface area (Å²) in [5.41, 5.74) is 0.680. The summed E-state index contributed by atoms with van der Waals surface area (Å²) in [5, 5.41) is 10.9. The lowest BCUT2D eigenvalue weighted by molar-refractivity contribution is 0.00578. The fourth-order valence-corrected chi connectivity index (χ4v) is 3.26. The van der Waals surface area contributed by atoms with Crippen LogP contribution in [0.2, 0.25) is 0 Å². The zero-order valence-electron chi connectivity index (χ0n) is 20.5. The van der Waals surface area contributed by atoms with Crippen molar-refractivity contribution in [3.05, 3.63) is 34.9 Å². The van der Waals surface area contributed by atoms with E-state index in [2.05, 4.69) is 15.5 Å². The van der Waals surface area contributed by atoms with Crippen molar-refractivity contribution < 1.29 is 28.4 Å². The van der Waals surface area contributed by atoms with Gasteiger partial charge in [0.05, 0.1) is 35.1 Å². The van der Waals surface area contributed by atoms with Crippen molar-refractivity contribution in [3.8, 4) is 0 Å². The van der Waals surface area contributed by atoms with Crippen LogP contribution in [0.1, 0.15) is 64.5 Å². The molecule has 33 heavy (non-hydrogen) atoms. The minimum absolute atomic E-state index is 0.145. The Hall–Kier alpha value is -2.85. The van der Waals surface area contributed by atoms with Gasteiger partial charge in [0.2, 0.25) is 0 Å². The molecule has 2 aromatic rings. The highest BCUT2D eigenvalue weighted by atomic mass is 16.7. The Kier molecular flexibility index (Phi) is 6.63. The molecule has 2 N–H and O–H groups in total. The first-order valence-corrected chi connectivity index (χ1v) is 10.8. The van der Waals surface area contributed by atoms with Gasteiger partial charge in [-0.3, -0.25) is 5.10 Å². The Morgan fingerprint density at radius 2 is 1.82 bits per heavy atom. The summed E-state index contributed by atoms with van der Waals surface area (Å²) in [4.78, 5) is 24.1. The third kappa shape index (κ3) is 5.56. The molecule has 1 aliphatic rings. The zero-order chi connectivity index (χ0) is 24.6. The number of H-pyrrole nitrogens is 1. The van der Waals surface area contributed by atoms with Gasteiger partial charge in [-0.2, -0.15) is 5.10 Å². The lowest BCUT2D eigenvalue weighted by Gasteiger charge is -2.32. The summed E-state index contributed by atoms with van der Waals surface area (Å²) >= 11 is 0. The van der Waals surface area contributed by atoms with E-state index in [0.717, 1.165) is 5.39 Å². The topological polar surface area (TPSA) is 112 Å². The second-order valence-electron chi connectivity index (χ2n) is 10.0. The van der Waals surface area contributed by atoms with Crippen LogP contribution in [0.25, 0.3) is 17.0 Å². The summed E-state index contributed by atoms with van der Waals surface area (Å²) < 4.78 is 22.6. The van der Waals surface area contributed by atoms with Crippen molar-refractivity contribution in [2.45, 2.75) is 65.3 Å². The molecule has 1 aromatic carbocycles. The minimum Gasteiger partial charge on any atom is -0.465 e. The van der Waals surface area contributed by atoms with Crippen molar-refractivity contribution >= 4 is 36.2 Å². The van der Waals surface area contributed by atoms with Gasteiger partial charge >= 0.3 is 19.2 Å². The van der Waals surface area contributed by atoms with Gasteiger partial charge in [0.15, 0.2) is 0 Å². The van der Waals surface area contributed by atoms with Gasteiger partial charge in [-0.15, -0.1) is 0 Å². The van der Waals surface area contributed by atoms with Gasteiger partial charge in [-0.1, -0.05) is 0 Å². The summed E-state index contributed by atoms with van der Waals surface area (Å²) in [5.74, 6) is -0.434. The Morgan fingerprint density at radius 3 is 2.39 bits per heavy atom. The first-order chi connectivity index (χ1) is 15.2. The number of aromatic nitrogens is 2. The SMILES string of the molecule is COC(=O)c1ccc2c(C=C(CNC(=O)OC(C)(C)C)B3OC(C)(C)C(C)(C)O3)[nH]nc2c1. The number of carbonyl (C=O) groups is 2. The molecule has 0 spiro atoms. The molecule has 2 heterocycles. The number of carbonyl (C=O) groups excluding carboxylic acids is 2. The molecule has 1 saturated heterocycles. The Morgan fingerprint density at radius 1 is 1.18 bits per heavy atom. The molecule has 0 saturated carbocycles. The molecule has 0 radical (unpaired) electrons. The Balaban J connectivity index is 1.93. The molecule has 0 atom stereocenters. The average molecular weight is 457 g/mol. The number of rotatable bonds is 5. The van der Waals surface area contributed by atoms with Crippen LogP contribution in [0.5, 0.6) is 0 Å². The van der Waals surface area contributed by atoms with E-state index < -0.39 is 36.0 Å². The highest BCUT2D eigenvalue weighted by molar-refractivity contribution is 6.56. The van der Waals surface area contributed by atoms with Crippen molar-refractivity contribution in [1.82, 2.24) is 15.5 Å². The van der Waals surface area contributed by atoms with E-state index in [1.807, 2.05) is 33.8 Å². The number of hydrogen-bond acceptors (Lipinski definition) is 7. The third-order valence-electron chi connectivity index (χ3n) is 5.73. The quantitative estimate of drug-likeness (QED) is 0.518. The lowest BCUT2D eigenvalue weighted by atomic mass is 9.77. The molecule has 178 valence electrons. The van der Waals surface area contributed by atoms with Crippen LogP contribution >= 0.6 is 0 Å². The van der Waals surface area contributed by atoms with E-state index in [0.29, 0.717) is 22.2 Å². The largest absolute Gasteiger partial charge is 0.492 e. The molecule has 10 heteroatoms. The molecule has 3 rings (SSSR count). The monoisotopic (exact) mass is 457 g/mol. The Labute approximate surface area is 194 Å². The number of hydrogen-bond donors (Lipinski definition) is 2. The number of amides is 1. The van der Waals surface area contributed by atoms with Crippen molar-refractivity contribution in [1.29, 1.82) is 0 Å². The van der Waals surface area contributed by atoms with E-state index >= 15 is 0 Å². The number of esters is 1. The number of aromatic amines is 1. The zero-order valence-corrected chi connectivity index (χ0v) is 20.5. The maximum atomic E-state index is 12.3. The second kappa shape index (κ2) is 8.83. The molecule has 0 aliphatic carbocycles. The molecule has 9 nitrogen and oxygen atoms in total. The van der Waals surface area contributed by atoms with E-state index in [-0.39, 0.29) is 6.54 Å². The normalized spacial score (nSPS) is 17.8. The number of methoxy groups -OCH3 is 1. The van der Waals surface area contributed by atoms with Gasteiger partial charge in [0, 0.05) is 11.9 Å². The maximum Gasteiger partial charge on any atom is 0.492 e. The van der Waals surface area contributed by atoms with Gasteiger partial charge < -0.3 is 24.1 Å². The summed E-state index contributed by atoms with van der Waals surface area (Å²) in [6, 6.07) is 5.12. The smallest absolute Gasteiger partial charge is 0.465 e. The van der Waals surface area contributed by atoms with Crippen molar-refractivity contribution in [2.75, 3.05) is 13.7 Å². The van der Waals surface area contributed by atoms with Gasteiger partial charge in [0.1, 0.15) is 5.60 Å². The standard InChI is InChI=1S/C23H32BN3O6/c1-21(2,3)31-20(29)25-13-15(24-32-22(4,5)23(6,7)33-24)12-18-16-10-9-14(19(28)30-8)11-17(16)26-27-18/h9-12H,13H2,1-8H3,(H,25,29)(H,26,27).